The molecule has 1 amide bonds. The number of hydrogen-bond acceptors (Lipinski definition) is 4. The van der Waals surface area contributed by atoms with Crippen molar-refractivity contribution in [1.82, 2.24) is 4.90 Å². The Morgan fingerprint density at radius 3 is 2.83 bits per heavy atom. The van der Waals surface area contributed by atoms with Crippen LogP contribution in [0.3, 0.4) is 0 Å². The van der Waals surface area contributed by atoms with E-state index in [0.717, 1.165) is 10.0 Å². The maximum atomic E-state index is 12.2. The highest BCUT2D eigenvalue weighted by Gasteiger charge is 2.15. The third-order valence-corrected chi connectivity index (χ3v) is 4.27. The number of ether oxygens (including phenoxy) is 3. The van der Waals surface area contributed by atoms with Crippen molar-refractivity contribution in [3.8, 4) is 17.2 Å². The van der Waals surface area contributed by atoms with Gasteiger partial charge in [-0.15, -0.1) is 0 Å². The van der Waals surface area contributed by atoms with Crippen LogP contribution in [0.15, 0.2) is 46.9 Å². The number of benzene rings is 2. The molecule has 5 nitrogen and oxygen atoms in total. The molecule has 0 saturated carbocycles. The highest BCUT2D eigenvalue weighted by Crippen LogP contribution is 2.35. The van der Waals surface area contributed by atoms with Gasteiger partial charge >= 0.3 is 0 Å². The lowest BCUT2D eigenvalue weighted by Gasteiger charge is -2.18. The Balaban J connectivity index is 1.55. The van der Waals surface area contributed by atoms with Gasteiger partial charge in [0.25, 0.3) is 5.91 Å². The first kappa shape index (κ1) is 15.7. The zero-order valence-corrected chi connectivity index (χ0v) is 14.2. The predicted octanol–water partition coefficient (Wildman–Crippen LogP) is 3.22. The third kappa shape index (κ3) is 3.76. The van der Waals surface area contributed by atoms with E-state index in [1.807, 2.05) is 24.3 Å². The van der Waals surface area contributed by atoms with Crippen LogP contribution in [0, 0.1) is 0 Å². The molecule has 6 heteroatoms. The fourth-order valence-corrected chi connectivity index (χ4v) is 2.60. The molecule has 0 aromatic heterocycles. The second kappa shape index (κ2) is 6.91. The van der Waals surface area contributed by atoms with Crippen LogP contribution in [0.1, 0.15) is 5.56 Å². The molecule has 0 unspecified atom stereocenters. The molecule has 0 saturated heterocycles. The number of carbonyl (C=O) groups is 1. The molecule has 23 heavy (non-hydrogen) atoms. The first-order chi connectivity index (χ1) is 11.1. The van der Waals surface area contributed by atoms with Gasteiger partial charge in [0, 0.05) is 24.1 Å². The molecule has 0 N–H and O–H groups in total. The van der Waals surface area contributed by atoms with Crippen molar-refractivity contribution in [1.29, 1.82) is 0 Å². The number of halogens is 1. The molecule has 0 atom stereocenters. The summed E-state index contributed by atoms with van der Waals surface area (Å²) in [5.41, 5.74) is 1.05. The van der Waals surface area contributed by atoms with Gasteiger partial charge in [0.1, 0.15) is 5.75 Å². The summed E-state index contributed by atoms with van der Waals surface area (Å²) in [4.78, 5) is 13.8. The van der Waals surface area contributed by atoms with E-state index >= 15 is 0 Å². The number of amides is 1. The SMILES string of the molecule is CN(Cc1ccccc1Br)C(=O)COc1ccc2c(c1)OCO2. The molecule has 1 aliphatic heterocycles. The molecule has 2 aromatic carbocycles. The molecule has 0 spiro atoms. The highest BCUT2D eigenvalue weighted by molar-refractivity contribution is 9.10. The third-order valence-electron chi connectivity index (χ3n) is 3.50. The molecule has 0 bridgehead atoms. The summed E-state index contributed by atoms with van der Waals surface area (Å²) in [5.74, 6) is 1.81. The molecule has 3 rings (SSSR count). The molecular weight excluding hydrogens is 362 g/mol. The van der Waals surface area contributed by atoms with Crippen molar-refractivity contribution in [3.63, 3.8) is 0 Å². The number of likely N-dealkylation sites (N-methyl/N-ethyl adjacent to an activating group) is 1. The number of carbonyl (C=O) groups excluding carboxylic acids is 1. The van der Waals surface area contributed by atoms with Crippen molar-refractivity contribution in [2.45, 2.75) is 6.54 Å². The Labute approximate surface area is 142 Å². The van der Waals surface area contributed by atoms with Crippen molar-refractivity contribution in [2.75, 3.05) is 20.4 Å². The summed E-state index contributed by atoms with van der Waals surface area (Å²) in [6, 6.07) is 13.1. The van der Waals surface area contributed by atoms with Crippen molar-refractivity contribution < 1.29 is 19.0 Å². The number of nitrogens with zero attached hydrogens (tertiary/aromatic N) is 1. The van der Waals surface area contributed by atoms with Crippen LogP contribution in [0.5, 0.6) is 17.2 Å². The van der Waals surface area contributed by atoms with E-state index in [2.05, 4.69) is 15.9 Å². The fourth-order valence-electron chi connectivity index (χ4n) is 2.19. The van der Waals surface area contributed by atoms with E-state index in [-0.39, 0.29) is 19.3 Å². The van der Waals surface area contributed by atoms with Crippen LogP contribution in [0.4, 0.5) is 0 Å². The summed E-state index contributed by atoms with van der Waals surface area (Å²) < 4.78 is 17.0. The average Bonchev–Trinajstić information content (AvgIpc) is 3.02. The highest BCUT2D eigenvalue weighted by atomic mass is 79.9. The largest absolute Gasteiger partial charge is 0.484 e. The van der Waals surface area contributed by atoms with Crippen LogP contribution >= 0.6 is 15.9 Å². The molecule has 0 fully saturated rings. The molecule has 2 aromatic rings. The monoisotopic (exact) mass is 377 g/mol. The first-order valence-corrected chi connectivity index (χ1v) is 7.92. The summed E-state index contributed by atoms with van der Waals surface area (Å²) in [6.45, 7) is 0.706. The van der Waals surface area contributed by atoms with Crippen LogP contribution in [0.25, 0.3) is 0 Å². The second-order valence-corrected chi connectivity index (χ2v) is 6.00. The Kier molecular flexibility index (Phi) is 4.71. The Morgan fingerprint density at radius 1 is 1.22 bits per heavy atom. The average molecular weight is 378 g/mol. The smallest absolute Gasteiger partial charge is 0.260 e. The van der Waals surface area contributed by atoms with Crippen LogP contribution in [0.2, 0.25) is 0 Å². The van der Waals surface area contributed by atoms with Gasteiger partial charge in [0.15, 0.2) is 18.1 Å². The lowest BCUT2D eigenvalue weighted by Crippen LogP contribution is -2.31. The van der Waals surface area contributed by atoms with Crippen LogP contribution < -0.4 is 14.2 Å². The quantitative estimate of drug-likeness (QED) is 0.802. The maximum Gasteiger partial charge on any atom is 0.260 e. The van der Waals surface area contributed by atoms with Crippen molar-refractivity contribution in [3.05, 3.63) is 52.5 Å². The normalized spacial score (nSPS) is 12.1. The molecule has 120 valence electrons. The number of rotatable bonds is 5. The zero-order chi connectivity index (χ0) is 16.2. The van der Waals surface area contributed by atoms with Gasteiger partial charge in [-0.2, -0.15) is 0 Å². The molecule has 0 radical (unpaired) electrons. The lowest BCUT2D eigenvalue weighted by atomic mass is 10.2. The van der Waals surface area contributed by atoms with E-state index in [1.165, 1.54) is 0 Å². The standard InChI is InChI=1S/C17H16BrNO4/c1-19(9-12-4-2-3-5-14(12)18)17(20)10-21-13-6-7-15-16(8-13)23-11-22-15/h2-8H,9-11H2,1H3. The van der Waals surface area contributed by atoms with E-state index in [9.17, 15) is 4.79 Å². The van der Waals surface area contributed by atoms with E-state index in [1.54, 1.807) is 30.1 Å². The summed E-state index contributed by atoms with van der Waals surface area (Å²) in [6.07, 6.45) is 0. The van der Waals surface area contributed by atoms with Gasteiger partial charge in [-0.1, -0.05) is 34.1 Å². The van der Waals surface area contributed by atoms with Gasteiger partial charge in [0.05, 0.1) is 0 Å². The maximum absolute atomic E-state index is 12.2. The van der Waals surface area contributed by atoms with Gasteiger partial charge < -0.3 is 19.1 Å². The molecule has 1 heterocycles. The molecule has 1 aliphatic rings. The Bertz CT molecular complexity index is 719. The van der Waals surface area contributed by atoms with Gasteiger partial charge in [-0.05, 0) is 23.8 Å². The van der Waals surface area contributed by atoms with E-state index in [4.69, 9.17) is 14.2 Å². The minimum atomic E-state index is -0.0987. The summed E-state index contributed by atoms with van der Waals surface area (Å²) >= 11 is 3.48. The van der Waals surface area contributed by atoms with Crippen LogP contribution in [-0.4, -0.2) is 31.3 Å². The first-order valence-electron chi connectivity index (χ1n) is 7.13. The fraction of sp³-hybridized carbons (Fsp3) is 0.235. The van der Waals surface area contributed by atoms with E-state index < -0.39 is 0 Å². The van der Waals surface area contributed by atoms with Crippen LogP contribution in [-0.2, 0) is 11.3 Å². The van der Waals surface area contributed by atoms with E-state index in [0.29, 0.717) is 23.8 Å². The van der Waals surface area contributed by atoms with Gasteiger partial charge in [-0.3, -0.25) is 4.79 Å². The summed E-state index contributed by atoms with van der Waals surface area (Å²) in [7, 11) is 1.75. The lowest BCUT2D eigenvalue weighted by molar-refractivity contribution is -0.132. The van der Waals surface area contributed by atoms with Gasteiger partial charge in [-0.25, -0.2) is 0 Å². The minimum absolute atomic E-state index is 0.0272. The topological polar surface area (TPSA) is 48.0 Å². The Hall–Kier alpha value is -2.21. The Morgan fingerprint density at radius 2 is 2.00 bits per heavy atom. The number of hydrogen-bond donors (Lipinski definition) is 0. The second-order valence-electron chi connectivity index (χ2n) is 5.14. The van der Waals surface area contributed by atoms with Crippen molar-refractivity contribution >= 4 is 21.8 Å². The minimum Gasteiger partial charge on any atom is -0.484 e. The van der Waals surface area contributed by atoms with Crippen molar-refractivity contribution in [2.24, 2.45) is 0 Å². The molecule has 0 aliphatic carbocycles. The van der Waals surface area contributed by atoms with Gasteiger partial charge in [0.2, 0.25) is 6.79 Å². The molecular formula is C17H16BrNO4. The predicted molar refractivity (Wildman–Crippen MR) is 88.7 cm³/mol. The zero-order valence-electron chi connectivity index (χ0n) is 12.6. The summed E-state index contributed by atoms with van der Waals surface area (Å²) in [5, 5.41) is 0. The number of fused-ring (bicyclic) bond motifs is 1.